The number of carbonyl (C=O) groups is 2. The van der Waals surface area contributed by atoms with Gasteiger partial charge in [0, 0.05) is 22.3 Å². The molecule has 0 saturated heterocycles. The lowest BCUT2D eigenvalue weighted by molar-refractivity contribution is 0.0975. The Morgan fingerprint density at radius 1 is 0.955 bits per heavy atom. The Labute approximate surface area is 125 Å². The van der Waals surface area contributed by atoms with Crippen molar-refractivity contribution in [1.82, 2.24) is 0 Å². The number of benzene rings is 2. The third-order valence-electron chi connectivity index (χ3n) is 3.71. The van der Waals surface area contributed by atoms with Crippen LogP contribution in [0, 0.1) is 0 Å². The summed E-state index contributed by atoms with van der Waals surface area (Å²) in [5, 5.41) is 29.0. The maximum absolute atomic E-state index is 12.6. The number of aromatic hydroxyl groups is 2. The van der Waals surface area contributed by atoms with Crippen LogP contribution in [0.15, 0.2) is 24.3 Å². The van der Waals surface area contributed by atoms with Gasteiger partial charge in [0.1, 0.15) is 5.75 Å². The molecule has 1 aliphatic rings. The van der Waals surface area contributed by atoms with Crippen molar-refractivity contribution in [2.24, 2.45) is 0 Å². The van der Waals surface area contributed by atoms with Crippen molar-refractivity contribution < 1.29 is 29.6 Å². The zero-order chi connectivity index (χ0) is 16.0. The highest BCUT2D eigenvalue weighted by atomic mass is 16.5. The molecule has 112 valence electrons. The van der Waals surface area contributed by atoms with Gasteiger partial charge in [-0.15, -0.1) is 0 Å². The molecule has 0 heterocycles. The second kappa shape index (κ2) is 4.85. The van der Waals surface area contributed by atoms with Crippen molar-refractivity contribution >= 4 is 11.6 Å². The molecule has 0 aromatic heterocycles. The van der Waals surface area contributed by atoms with Crippen LogP contribution >= 0.6 is 0 Å². The molecule has 0 fully saturated rings. The second-order valence-corrected chi connectivity index (χ2v) is 4.88. The zero-order valence-corrected chi connectivity index (χ0v) is 11.6. The van der Waals surface area contributed by atoms with Gasteiger partial charge in [-0.3, -0.25) is 9.59 Å². The van der Waals surface area contributed by atoms with E-state index in [0.717, 1.165) is 0 Å². The van der Waals surface area contributed by atoms with Gasteiger partial charge < -0.3 is 20.1 Å². The van der Waals surface area contributed by atoms with Crippen molar-refractivity contribution in [2.45, 2.75) is 6.61 Å². The molecule has 2 aromatic carbocycles. The summed E-state index contributed by atoms with van der Waals surface area (Å²) in [4.78, 5) is 25.1. The SMILES string of the molecule is COc1ccc2c(c1)C(=O)c1cc(CO)c(O)c(O)c1C2=O. The molecule has 0 amide bonds. The number of rotatable bonds is 2. The predicted molar refractivity (Wildman–Crippen MR) is 75.6 cm³/mol. The van der Waals surface area contributed by atoms with Gasteiger partial charge in [0.05, 0.1) is 19.3 Å². The van der Waals surface area contributed by atoms with Gasteiger partial charge in [-0.2, -0.15) is 0 Å². The first-order valence-electron chi connectivity index (χ1n) is 6.45. The van der Waals surface area contributed by atoms with Crippen LogP contribution < -0.4 is 4.74 Å². The highest BCUT2D eigenvalue weighted by molar-refractivity contribution is 6.29. The van der Waals surface area contributed by atoms with Crippen LogP contribution in [0.25, 0.3) is 0 Å². The minimum atomic E-state index is -0.693. The first kappa shape index (κ1) is 14.1. The molecule has 22 heavy (non-hydrogen) atoms. The Kier molecular flexibility index (Phi) is 3.11. The number of ketones is 2. The Hall–Kier alpha value is -2.86. The molecule has 0 atom stereocenters. The second-order valence-electron chi connectivity index (χ2n) is 4.88. The minimum absolute atomic E-state index is 0.0243. The third kappa shape index (κ3) is 1.78. The van der Waals surface area contributed by atoms with Crippen LogP contribution in [0.2, 0.25) is 0 Å². The largest absolute Gasteiger partial charge is 0.504 e. The van der Waals surface area contributed by atoms with Crippen LogP contribution in [0.3, 0.4) is 0 Å². The van der Waals surface area contributed by atoms with Crippen LogP contribution in [0.5, 0.6) is 17.2 Å². The summed E-state index contributed by atoms with van der Waals surface area (Å²) in [5.74, 6) is -1.91. The van der Waals surface area contributed by atoms with E-state index in [9.17, 15) is 24.9 Å². The first-order chi connectivity index (χ1) is 10.5. The lowest BCUT2D eigenvalue weighted by atomic mass is 9.82. The van der Waals surface area contributed by atoms with E-state index in [-0.39, 0.29) is 27.8 Å². The van der Waals surface area contributed by atoms with E-state index in [1.165, 1.54) is 31.4 Å². The van der Waals surface area contributed by atoms with E-state index in [1.54, 1.807) is 0 Å². The molecule has 6 nitrogen and oxygen atoms in total. The van der Waals surface area contributed by atoms with Crippen LogP contribution in [-0.4, -0.2) is 34.0 Å². The summed E-state index contributed by atoms with van der Waals surface area (Å²) in [7, 11) is 1.44. The van der Waals surface area contributed by atoms with E-state index >= 15 is 0 Å². The molecule has 2 aromatic rings. The first-order valence-corrected chi connectivity index (χ1v) is 6.45. The number of phenolic OH excluding ortho intramolecular Hbond substituents is 1. The summed E-state index contributed by atoms with van der Waals surface area (Å²) < 4.78 is 5.05. The van der Waals surface area contributed by atoms with Crippen LogP contribution in [-0.2, 0) is 6.61 Å². The van der Waals surface area contributed by atoms with Gasteiger partial charge in [0.2, 0.25) is 0 Å². The molecule has 0 saturated carbocycles. The maximum atomic E-state index is 12.6. The molecule has 0 radical (unpaired) electrons. The van der Waals surface area contributed by atoms with E-state index in [0.29, 0.717) is 5.75 Å². The minimum Gasteiger partial charge on any atom is -0.504 e. The maximum Gasteiger partial charge on any atom is 0.198 e. The van der Waals surface area contributed by atoms with Gasteiger partial charge in [-0.25, -0.2) is 0 Å². The van der Waals surface area contributed by atoms with Crippen molar-refractivity contribution in [3.05, 3.63) is 52.1 Å². The molecular weight excluding hydrogens is 288 g/mol. The summed E-state index contributed by atoms with van der Waals surface area (Å²) in [5.41, 5.74) is -0.0400. The van der Waals surface area contributed by atoms with Crippen molar-refractivity contribution in [3.63, 3.8) is 0 Å². The van der Waals surface area contributed by atoms with Crippen LogP contribution in [0.4, 0.5) is 0 Å². The Bertz CT molecular complexity index is 822. The Morgan fingerprint density at radius 3 is 2.32 bits per heavy atom. The highest BCUT2D eigenvalue weighted by Gasteiger charge is 2.34. The van der Waals surface area contributed by atoms with Crippen LogP contribution in [0.1, 0.15) is 37.4 Å². The van der Waals surface area contributed by atoms with Gasteiger partial charge in [0.25, 0.3) is 0 Å². The molecule has 1 aliphatic carbocycles. The fourth-order valence-corrected chi connectivity index (χ4v) is 2.56. The monoisotopic (exact) mass is 300 g/mol. The predicted octanol–water partition coefficient (Wildman–Crippen LogP) is 1.37. The smallest absolute Gasteiger partial charge is 0.198 e. The van der Waals surface area contributed by atoms with Crippen molar-refractivity contribution in [1.29, 1.82) is 0 Å². The lowest BCUT2D eigenvalue weighted by Crippen LogP contribution is -2.21. The van der Waals surface area contributed by atoms with Crippen molar-refractivity contribution in [3.8, 4) is 17.2 Å². The lowest BCUT2D eigenvalue weighted by Gasteiger charge is -2.20. The third-order valence-corrected chi connectivity index (χ3v) is 3.71. The Balaban J connectivity index is 2.31. The fraction of sp³-hybridized carbons (Fsp3) is 0.125. The molecule has 3 rings (SSSR count). The molecular formula is C16H12O6. The number of aliphatic hydroxyl groups is 1. The van der Waals surface area contributed by atoms with Crippen molar-refractivity contribution in [2.75, 3.05) is 7.11 Å². The van der Waals surface area contributed by atoms with Gasteiger partial charge in [0.15, 0.2) is 23.1 Å². The molecule has 3 N–H and O–H groups in total. The standard InChI is InChI=1S/C16H12O6/c1-22-8-2-3-9-10(5-8)14(19)11-4-7(6-17)13(18)16(21)12(11)15(9)20/h2-5,17-18,21H,6H2,1H3. The van der Waals surface area contributed by atoms with E-state index in [1.807, 2.05) is 0 Å². The van der Waals surface area contributed by atoms with E-state index in [4.69, 9.17) is 4.74 Å². The Morgan fingerprint density at radius 2 is 1.68 bits per heavy atom. The summed E-state index contributed by atoms with van der Waals surface area (Å²) in [6.45, 7) is -0.570. The number of carbonyl (C=O) groups excluding carboxylic acids is 2. The number of ether oxygens (including phenoxy) is 1. The summed E-state index contributed by atoms with van der Waals surface area (Å²) >= 11 is 0. The van der Waals surface area contributed by atoms with Gasteiger partial charge in [-0.05, 0) is 24.3 Å². The number of hydrogen-bond donors (Lipinski definition) is 3. The number of fused-ring (bicyclic) bond motifs is 2. The number of phenols is 2. The van der Waals surface area contributed by atoms with E-state index < -0.39 is 29.7 Å². The fourth-order valence-electron chi connectivity index (χ4n) is 2.56. The molecule has 0 aliphatic heterocycles. The average Bonchev–Trinajstić information content (AvgIpc) is 2.54. The number of methoxy groups -OCH3 is 1. The highest BCUT2D eigenvalue weighted by Crippen LogP contribution is 2.41. The van der Waals surface area contributed by atoms with Gasteiger partial charge >= 0.3 is 0 Å². The summed E-state index contributed by atoms with van der Waals surface area (Å²) in [6, 6.07) is 5.63. The molecule has 0 unspecified atom stereocenters. The average molecular weight is 300 g/mol. The normalized spacial score (nSPS) is 12.8. The number of aliphatic hydroxyl groups excluding tert-OH is 1. The molecule has 6 heteroatoms. The topological polar surface area (TPSA) is 104 Å². The molecule has 0 spiro atoms. The zero-order valence-electron chi connectivity index (χ0n) is 11.6. The number of hydrogen-bond acceptors (Lipinski definition) is 6. The quantitative estimate of drug-likeness (QED) is 0.618. The van der Waals surface area contributed by atoms with E-state index in [2.05, 4.69) is 0 Å². The summed E-state index contributed by atoms with van der Waals surface area (Å²) in [6.07, 6.45) is 0. The van der Waals surface area contributed by atoms with Gasteiger partial charge in [-0.1, -0.05) is 0 Å². The molecule has 0 bridgehead atoms.